The summed E-state index contributed by atoms with van der Waals surface area (Å²) >= 11 is 0. The lowest BCUT2D eigenvalue weighted by molar-refractivity contribution is 0.0104. The molecule has 0 aliphatic heterocycles. The zero-order valence-electron chi connectivity index (χ0n) is 5.28. The van der Waals surface area contributed by atoms with Crippen LogP contribution < -0.4 is 5.73 Å². The number of nitrogens with two attached hydrogens (primary N) is 1. The second kappa shape index (κ2) is 5.62. The van der Waals surface area contributed by atoms with Crippen LogP contribution in [-0.4, -0.2) is 22.6 Å². The van der Waals surface area contributed by atoms with Gasteiger partial charge in [-0.3, -0.25) is 0 Å². The highest BCUT2D eigenvalue weighted by molar-refractivity contribution is 7.32. The SMILES string of the molecule is NCC(O[P+](=O)O)O[P+](=O)O. The maximum atomic E-state index is 9.96. The van der Waals surface area contributed by atoms with Crippen LogP contribution >= 0.6 is 16.5 Å². The van der Waals surface area contributed by atoms with Crippen molar-refractivity contribution in [3.8, 4) is 0 Å². The van der Waals surface area contributed by atoms with Gasteiger partial charge in [-0.2, -0.15) is 0 Å². The fourth-order valence-corrected chi connectivity index (χ4v) is 1.03. The fraction of sp³-hybridized carbons (Fsp3) is 1.00. The van der Waals surface area contributed by atoms with Crippen LogP contribution in [0.3, 0.4) is 0 Å². The molecule has 0 radical (unpaired) electrons. The van der Waals surface area contributed by atoms with Crippen LogP contribution in [-0.2, 0) is 18.2 Å². The van der Waals surface area contributed by atoms with Crippen molar-refractivity contribution in [1.29, 1.82) is 0 Å². The fourth-order valence-electron chi connectivity index (χ4n) is 0.306. The Labute approximate surface area is 64.0 Å². The quantitative estimate of drug-likeness (QED) is 0.410. The van der Waals surface area contributed by atoms with Gasteiger partial charge in [-0.25, -0.2) is 0 Å². The second-order valence-electron chi connectivity index (χ2n) is 1.35. The van der Waals surface area contributed by atoms with Crippen LogP contribution in [0, 0.1) is 0 Å². The van der Waals surface area contributed by atoms with E-state index in [-0.39, 0.29) is 6.54 Å². The summed E-state index contributed by atoms with van der Waals surface area (Å²) in [6.07, 6.45) is -1.32. The van der Waals surface area contributed by atoms with Gasteiger partial charge in [0.2, 0.25) is 0 Å². The highest BCUT2D eigenvalue weighted by Gasteiger charge is 2.30. The Kier molecular flexibility index (Phi) is 5.62. The molecule has 9 heteroatoms. The predicted molar refractivity (Wildman–Crippen MR) is 34.7 cm³/mol. The molecule has 4 N–H and O–H groups in total. The standard InChI is InChI=1S/C2H5NO6P2/c3-1-2(8-10(4)5)9-11(6)7/h2H,1,3H2/p+2. The molecule has 11 heavy (non-hydrogen) atoms. The summed E-state index contributed by atoms with van der Waals surface area (Å²) in [4.78, 5) is 16.3. The minimum absolute atomic E-state index is 0.275. The van der Waals surface area contributed by atoms with E-state index in [0.717, 1.165) is 0 Å². The van der Waals surface area contributed by atoms with E-state index in [0.29, 0.717) is 0 Å². The summed E-state index contributed by atoms with van der Waals surface area (Å²) in [7, 11) is -5.74. The molecule has 0 heterocycles. The Morgan fingerprint density at radius 3 is 1.82 bits per heavy atom. The van der Waals surface area contributed by atoms with Crippen LogP contribution in [0.15, 0.2) is 0 Å². The van der Waals surface area contributed by atoms with Gasteiger partial charge in [0.05, 0.1) is 6.54 Å². The van der Waals surface area contributed by atoms with Gasteiger partial charge in [0.25, 0.3) is 6.29 Å². The molecule has 0 aromatic rings. The summed E-state index contributed by atoms with van der Waals surface area (Å²) in [5.41, 5.74) is 4.94. The van der Waals surface area contributed by atoms with Crippen molar-refractivity contribution < 1.29 is 28.0 Å². The van der Waals surface area contributed by atoms with Gasteiger partial charge in [-0.15, -0.1) is 9.79 Å². The Morgan fingerprint density at radius 1 is 1.27 bits per heavy atom. The number of rotatable bonds is 5. The van der Waals surface area contributed by atoms with Gasteiger partial charge >= 0.3 is 16.5 Å². The van der Waals surface area contributed by atoms with E-state index >= 15 is 0 Å². The van der Waals surface area contributed by atoms with Crippen LogP contribution in [0.25, 0.3) is 0 Å². The first-order valence-corrected chi connectivity index (χ1v) is 4.68. The molecule has 0 amide bonds. The maximum absolute atomic E-state index is 9.96. The van der Waals surface area contributed by atoms with E-state index in [1.54, 1.807) is 0 Å². The summed E-state index contributed by atoms with van der Waals surface area (Å²) in [6, 6.07) is 0. The Balaban J connectivity index is 3.76. The lowest BCUT2D eigenvalue weighted by atomic mass is 10.7. The number of hydrogen-bond donors (Lipinski definition) is 3. The Bertz CT molecular complexity index is 145. The minimum Gasteiger partial charge on any atom is -0.326 e. The Morgan fingerprint density at radius 2 is 1.64 bits per heavy atom. The van der Waals surface area contributed by atoms with Gasteiger partial charge in [0.1, 0.15) is 0 Å². The van der Waals surface area contributed by atoms with Gasteiger partial charge in [0.15, 0.2) is 0 Å². The molecule has 64 valence electrons. The minimum atomic E-state index is -2.87. The van der Waals surface area contributed by atoms with E-state index in [1.807, 2.05) is 0 Å². The molecule has 0 saturated carbocycles. The lowest BCUT2D eigenvalue weighted by Gasteiger charge is -1.95. The monoisotopic (exact) mass is 203 g/mol. The van der Waals surface area contributed by atoms with Crippen LogP contribution in [0.2, 0.25) is 0 Å². The molecule has 0 aromatic heterocycles. The summed E-state index contributed by atoms with van der Waals surface area (Å²) in [5.74, 6) is 0. The zero-order valence-corrected chi connectivity index (χ0v) is 7.07. The van der Waals surface area contributed by atoms with Crippen molar-refractivity contribution in [2.45, 2.75) is 6.29 Å². The molecule has 0 bridgehead atoms. The highest BCUT2D eigenvalue weighted by Crippen LogP contribution is 2.25. The third-order valence-electron chi connectivity index (χ3n) is 0.608. The van der Waals surface area contributed by atoms with Crippen molar-refractivity contribution in [1.82, 2.24) is 0 Å². The molecule has 0 aliphatic rings. The first-order chi connectivity index (χ1) is 5.06. The van der Waals surface area contributed by atoms with Crippen molar-refractivity contribution in [3.63, 3.8) is 0 Å². The van der Waals surface area contributed by atoms with Crippen LogP contribution in [0.5, 0.6) is 0 Å². The smallest absolute Gasteiger partial charge is 0.326 e. The van der Waals surface area contributed by atoms with Gasteiger partial charge in [-0.05, 0) is 0 Å². The third kappa shape index (κ3) is 6.40. The molecule has 0 spiro atoms. The summed E-state index contributed by atoms with van der Waals surface area (Å²) < 4.78 is 28.1. The Hall–Kier alpha value is -0.0000000000000000763. The van der Waals surface area contributed by atoms with Crippen molar-refractivity contribution in [3.05, 3.63) is 0 Å². The molecule has 0 rings (SSSR count). The van der Waals surface area contributed by atoms with Gasteiger partial charge in [0, 0.05) is 9.13 Å². The molecule has 0 fully saturated rings. The van der Waals surface area contributed by atoms with Crippen LogP contribution in [0.4, 0.5) is 0 Å². The van der Waals surface area contributed by atoms with E-state index in [2.05, 4.69) is 9.05 Å². The average molecular weight is 203 g/mol. The van der Waals surface area contributed by atoms with Crippen molar-refractivity contribution >= 4 is 16.5 Å². The lowest BCUT2D eigenvalue weighted by Crippen LogP contribution is -2.22. The molecule has 0 aliphatic carbocycles. The van der Waals surface area contributed by atoms with Crippen LogP contribution in [0.1, 0.15) is 0 Å². The topological polar surface area (TPSA) is 119 Å². The molecule has 7 nitrogen and oxygen atoms in total. The largest absolute Gasteiger partial charge is 0.697 e. The molecule has 2 unspecified atom stereocenters. The van der Waals surface area contributed by atoms with E-state index in [9.17, 15) is 9.13 Å². The first kappa shape index (κ1) is 11.0. The second-order valence-corrected chi connectivity index (χ2v) is 2.72. The highest BCUT2D eigenvalue weighted by atomic mass is 31.1. The third-order valence-corrected chi connectivity index (χ3v) is 1.44. The normalized spacial score (nSPS) is 15.9. The molecule has 0 saturated heterocycles. The first-order valence-electron chi connectivity index (χ1n) is 2.42. The van der Waals surface area contributed by atoms with Crippen molar-refractivity contribution in [2.75, 3.05) is 6.54 Å². The van der Waals surface area contributed by atoms with E-state index in [4.69, 9.17) is 15.5 Å². The van der Waals surface area contributed by atoms with Gasteiger partial charge < -0.3 is 5.73 Å². The summed E-state index contributed by atoms with van der Waals surface area (Å²) in [6.45, 7) is -0.275. The molecular formula is C2H7NO6P2+2. The van der Waals surface area contributed by atoms with E-state index < -0.39 is 22.8 Å². The van der Waals surface area contributed by atoms with E-state index in [1.165, 1.54) is 0 Å². The molecule has 2 atom stereocenters. The molecule has 0 aromatic carbocycles. The zero-order chi connectivity index (χ0) is 8.85. The average Bonchev–Trinajstić information content (AvgIpc) is 1.84. The number of hydrogen-bond acceptors (Lipinski definition) is 5. The summed E-state index contributed by atoms with van der Waals surface area (Å²) in [5, 5.41) is 0. The predicted octanol–water partition coefficient (Wildman–Crippen LogP) is -0.396. The maximum Gasteiger partial charge on any atom is 0.697 e. The molecular weight excluding hydrogens is 196 g/mol. The van der Waals surface area contributed by atoms with Crippen molar-refractivity contribution in [2.24, 2.45) is 5.73 Å². The van der Waals surface area contributed by atoms with Gasteiger partial charge in [-0.1, -0.05) is 9.05 Å².